The van der Waals surface area contributed by atoms with Gasteiger partial charge in [0.15, 0.2) is 17.6 Å². The Morgan fingerprint density at radius 1 is 0.983 bits per heavy atom. The molecule has 5 aromatic heterocycles. The van der Waals surface area contributed by atoms with Crippen LogP contribution >= 0.6 is 0 Å². The normalized spacial score (nSPS) is 18.9. The van der Waals surface area contributed by atoms with Crippen molar-refractivity contribution in [3.05, 3.63) is 95.8 Å². The summed E-state index contributed by atoms with van der Waals surface area (Å²) in [6.45, 7) is 5.71. The average molecular weight is 796 g/mol. The lowest BCUT2D eigenvalue weighted by atomic mass is 10.0. The molecule has 1 aromatic carbocycles. The number of amides is 2. The Labute approximate surface area is 332 Å². The molecule has 4 atom stereocenters. The van der Waals surface area contributed by atoms with Gasteiger partial charge in [0.2, 0.25) is 11.8 Å². The highest BCUT2D eigenvalue weighted by Gasteiger charge is 2.45. The van der Waals surface area contributed by atoms with Crippen LogP contribution in [-0.4, -0.2) is 74.5 Å². The SMILES string of the molecule is Cc1ccc2cc(-c3ccc([C@H]4C[C@@H]4C(=O)N[C@H](Cc4cnn(C)c4)C(=O)NC(C)(C)Cn4nc(C(F)(F)F)cc4-c4cnn(C5CCCCO5)n4)cc3)cnc2n1. The molecular formula is C41H44F3N11O3. The van der Waals surface area contributed by atoms with Crippen LogP contribution in [0.25, 0.3) is 33.5 Å². The zero-order chi connectivity index (χ0) is 40.8. The summed E-state index contributed by atoms with van der Waals surface area (Å²) in [7, 11) is 1.76. The highest BCUT2D eigenvalue weighted by Crippen LogP contribution is 2.48. The van der Waals surface area contributed by atoms with Crippen molar-refractivity contribution < 1.29 is 27.5 Å². The fourth-order valence-corrected chi connectivity index (χ4v) is 7.49. The smallest absolute Gasteiger partial charge is 0.355 e. The zero-order valence-corrected chi connectivity index (χ0v) is 32.6. The molecule has 1 saturated carbocycles. The number of alkyl halides is 3. The van der Waals surface area contributed by atoms with Gasteiger partial charge in [-0.05, 0) is 93.3 Å². The minimum atomic E-state index is -4.72. The number of rotatable bonds is 12. The molecule has 17 heteroatoms. The Hall–Kier alpha value is -5.97. The fourth-order valence-electron chi connectivity index (χ4n) is 7.49. The Balaban J connectivity index is 0.958. The Morgan fingerprint density at radius 3 is 2.52 bits per heavy atom. The van der Waals surface area contributed by atoms with Gasteiger partial charge in [0.25, 0.3) is 0 Å². The maximum absolute atomic E-state index is 14.0. The summed E-state index contributed by atoms with van der Waals surface area (Å²) in [5, 5.41) is 23.7. The van der Waals surface area contributed by atoms with E-state index in [0.29, 0.717) is 25.1 Å². The number of nitrogens with one attached hydrogen (secondary N) is 2. The summed E-state index contributed by atoms with van der Waals surface area (Å²) in [5.74, 6) is -1.10. The molecule has 302 valence electrons. The average Bonchev–Trinajstić information content (AvgIpc) is 3.43. The van der Waals surface area contributed by atoms with Crippen LogP contribution in [0.1, 0.15) is 74.2 Å². The van der Waals surface area contributed by atoms with E-state index in [-0.39, 0.29) is 42.1 Å². The van der Waals surface area contributed by atoms with Gasteiger partial charge in [-0.1, -0.05) is 24.3 Å². The Bertz CT molecular complexity index is 2450. The highest BCUT2D eigenvalue weighted by molar-refractivity contribution is 5.90. The molecule has 2 amide bonds. The van der Waals surface area contributed by atoms with Gasteiger partial charge in [-0.25, -0.2) is 9.97 Å². The molecule has 1 saturated heterocycles. The summed E-state index contributed by atoms with van der Waals surface area (Å²) in [6, 6.07) is 14.0. The molecule has 2 fully saturated rings. The number of pyridine rings is 2. The second kappa shape index (κ2) is 15.4. The van der Waals surface area contributed by atoms with E-state index < -0.39 is 35.6 Å². The predicted octanol–water partition coefficient (Wildman–Crippen LogP) is 5.94. The first-order valence-corrected chi connectivity index (χ1v) is 19.3. The van der Waals surface area contributed by atoms with Crippen LogP contribution in [-0.2, 0) is 40.5 Å². The quantitative estimate of drug-likeness (QED) is 0.153. The number of aryl methyl sites for hydroxylation is 2. The number of nitrogens with zero attached hydrogens (tertiary/aromatic N) is 9. The second-order valence-electron chi connectivity index (χ2n) is 15.9. The van der Waals surface area contributed by atoms with Crippen molar-refractivity contribution in [1.82, 2.24) is 55.2 Å². The minimum Gasteiger partial charge on any atom is -0.355 e. The topological polar surface area (TPSA) is 160 Å². The number of hydrogen-bond donors (Lipinski definition) is 2. The maximum Gasteiger partial charge on any atom is 0.435 e. The number of halogens is 3. The molecule has 0 radical (unpaired) electrons. The molecule has 58 heavy (non-hydrogen) atoms. The first-order chi connectivity index (χ1) is 27.7. The molecule has 2 N–H and O–H groups in total. The van der Waals surface area contributed by atoms with Crippen LogP contribution < -0.4 is 10.6 Å². The summed E-state index contributed by atoms with van der Waals surface area (Å²) < 4.78 is 50.4. The first-order valence-electron chi connectivity index (χ1n) is 19.3. The van der Waals surface area contributed by atoms with E-state index >= 15 is 0 Å². The van der Waals surface area contributed by atoms with Gasteiger partial charge in [-0.3, -0.25) is 19.0 Å². The van der Waals surface area contributed by atoms with Crippen LogP contribution in [0.3, 0.4) is 0 Å². The van der Waals surface area contributed by atoms with E-state index in [2.05, 4.69) is 47.1 Å². The van der Waals surface area contributed by atoms with Gasteiger partial charge in [0.1, 0.15) is 11.7 Å². The molecule has 6 heterocycles. The Morgan fingerprint density at radius 2 is 1.79 bits per heavy atom. The summed E-state index contributed by atoms with van der Waals surface area (Å²) in [6.07, 6.45) is 4.77. The minimum absolute atomic E-state index is 0.0156. The molecule has 1 aliphatic carbocycles. The summed E-state index contributed by atoms with van der Waals surface area (Å²) >= 11 is 0. The molecule has 0 spiro atoms. The molecule has 6 aromatic rings. The lowest BCUT2D eigenvalue weighted by Gasteiger charge is -2.29. The van der Waals surface area contributed by atoms with E-state index in [9.17, 15) is 22.8 Å². The lowest BCUT2D eigenvalue weighted by molar-refractivity contribution is -0.141. The van der Waals surface area contributed by atoms with Crippen molar-refractivity contribution in [2.24, 2.45) is 13.0 Å². The highest BCUT2D eigenvalue weighted by atomic mass is 19.4. The van der Waals surface area contributed by atoms with Crippen molar-refractivity contribution in [2.45, 2.75) is 89.3 Å². The molecule has 8 rings (SSSR count). The van der Waals surface area contributed by atoms with Gasteiger partial charge in [-0.2, -0.15) is 33.3 Å². The largest absolute Gasteiger partial charge is 0.435 e. The van der Waals surface area contributed by atoms with E-state index in [1.54, 1.807) is 44.2 Å². The molecule has 2 aliphatic rings. The van der Waals surface area contributed by atoms with Gasteiger partial charge >= 0.3 is 6.18 Å². The van der Waals surface area contributed by atoms with Crippen LogP contribution in [0.2, 0.25) is 0 Å². The van der Waals surface area contributed by atoms with Gasteiger partial charge in [0.05, 0.1) is 30.2 Å². The number of aromatic nitrogens is 9. The number of carbonyl (C=O) groups excluding carboxylic acids is 2. The molecule has 1 unspecified atom stereocenters. The van der Waals surface area contributed by atoms with Crippen molar-refractivity contribution in [2.75, 3.05) is 6.61 Å². The van der Waals surface area contributed by atoms with E-state index in [1.165, 1.54) is 15.7 Å². The van der Waals surface area contributed by atoms with Crippen molar-refractivity contribution in [3.63, 3.8) is 0 Å². The van der Waals surface area contributed by atoms with E-state index in [0.717, 1.165) is 52.2 Å². The lowest BCUT2D eigenvalue weighted by Crippen LogP contribution is -2.55. The van der Waals surface area contributed by atoms with Crippen molar-refractivity contribution >= 4 is 22.8 Å². The summed E-state index contributed by atoms with van der Waals surface area (Å²) in [5.41, 5.74) is 3.36. The first kappa shape index (κ1) is 38.9. The predicted molar refractivity (Wildman–Crippen MR) is 207 cm³/mol. The van der Waals surface area contributed by atoms with Gasteiger partial charge in [-0.15, -0.1) is 5.10 Å². The van der Waals surface area contributed by atoms with E-state index in [4.69, 9.17) is 4.74 Å². The van der Waals surface area contributed by atoms with Gasteiger partial charge in [0, 0.05) is 55.0 Å². The van der Waals surface area contributed by atoms with Gasteiger partial charge < -0.3 is 15.4 Å². The maximum atomic E-state index is 14.0. The van der Waals surface area contributed by atoms with Crippen LogP contribution in [0.5, 0.6) is 0 Å². The third-order valence-corrected chi connectivity index (χ3v) is 10.6. The third kappa shape index (κ3) is 8.63. The zero-order valence-electron chi connectivity index (χ0n) is 32.6. The molecule has 0 bridgehead atoms. The summed E-state index contributed by atoms with van der Waals surface area (Å²) in [4.78, 5) is 38.2. The van der Waals surface area contributed by atoms with Crippen LogP contribution in [0.4, 0.5) is 13.2 Å². The number of fused-ring (bicyclic) bond motifs is 1. The third-order valence-electron chi connectivity index (χ3n) is 10.6. The number of benzene rings is 1. The van der Waals surface area contributed by atoms with Crippen LogP contribution in [0.15, 0.2) is 73.3 Å². The van der Waals surface area contributed by atoms with E-state index in [1.807, 2.05) is 43.3 Å². The van der Waals surface area contributed by atoms with Crippen molar-refractivity contribution in [3.8, 4) is 22.5 Å². The second-order valence-corrected chi connectivity index (χ2v) is 15.9. The fraction of sp³-hybridized carbons (Fsp3) is 0.415. The monoisotopic (exact) mass is 795 g/mol. The van der Waals surface area contributed by atoms with Crippen molar-refractivity contribution in [1.29, 1.82) is 0 Å². The standard InChI is InChI=1S/C41H44F3N11O3/c1-24-8-9-28-16-29(20-45-37(28)48-24)26-10-12-27(13-11-26)30-17-31(30)38(56)49-32(15-25-19-46-53(4)22-25)39(57)50-40(2,3)23-54-34(18-35(52-54)41(42,43)44)33-21-47-55(51-33)36-7-5-6-14-58-36/h8-13,16,18-22,30-32,36H,5-7,14-15,17,23H2,1-4H3,(H,49,56)(H,50,57)/t30-,31+,32-,36?/m1/s1. The van der Waals surface area contributed by atoms with Crippen LogP contribution in [0, 0.1) is 12.8 Å². The number of hydrogen-bond acceptors (Lipinski definition) is 9. The number of ether oxygens (including phenoxy) is 1. The molecule has 14 nitrogen and oxygen atoms in total. The Kier molecular flexibility index (Phi) is 10.3. The number of carbonyl (C=O) groups is 2. The molecule has 1 aliphatic heterocycles. The molecular weight excluding hydrogens is 752 g/mol.